The van der Waals surface area contributed by atoms with Crippen molar-refractivity contribution in [1.82, 2.24) is 5.32 Å². The number of anilines is 1. The smallest absolute Gasteiger partial charge is 0.0638 e. The summed E-state index contributed by atoms with van der Waals surface area (Å²) in [4.78, 5) is 2.43. The number of aryl methyl sites for hydroxylation is 1. The van der Waals surface area contributed by atoms with Gasteiger partial charge < -0.3 is 10.2 Å². The van der Waals surface area contributed by atoms with Crippen LogP contribution in [0.25, 0.3) is 0 Å². The molecule has 0 aromatic heterocycles. The molecule has 0 saturated carbocycles. The molecule has 1 aliphatic rings. The van der Waals surface area contributed by atoms with E-state index in [4.69, 9.17) is 5.26 Å². The monoisotopic (exact) mass is 335 g/mol. The molecule has 4 heteroatoms. The van der Waals surface area contributed by atoms with Gasteiger partial charge in [0.25, 0.3) is 0 Å². The molecule has 0 radical (unpaired) electrons. The molecule has 0 bridgehead atoms. The second-order valence-corrected chi connectivity index (χ2v) is 7.00. The average molecular weight is 336 g/mol. The Balaban J connectivity index is 2.35. The Morgan fingerprint density at radius 2 is 2.25 bits per heavy atom. The first kappa shape index (κ1) is 15.3. The predicted octanol–water partition coefficient (Wildman–Crippen LogP) is 3.62. The fourth-order valence-corrected chi connectivity index (χ4v) is 3.46. The maximum Gasteiger partial charge on any atom is 0.0638 e. The van der Waals surface area contributed by atoms with Gasteiger partial charge in [0, 0.05) is 22.6 Å². The Bertz CT molecular complexity index is 519. The van der Waals surface area contributed by atoms with Crippen molar-refractivity contribution in [2.45, 2.75) is 45.2 Å². The number of halogens is 1. The second kappa shape index (κ2) is 6.15. The fraction of sp³-hybridized carbons (Fsp3) is 0.562. The van der Waals surface area contributed by atoms with E-state index in [-0.39, 0.29) is 11.6 Å². The number of rotatable bonds is 2. The van der Waals surface area contributed by atoms with E-state index in [1.807, 2.05) is 0 Å². The van der Waals surface area contributed by atoms with Crippen LogP contribution in [0.3, 0.4) is 0 Å². The third-order valence-corrected chi connectivity index (χ3v) is 4.67. The molecule has 1 saturated heterocycles. The van der Waals surface area contributed by atoms with Crippen LogP contribution in [0.1, 0.15) is 32.3 Å². The van der Waals surface area contributed by atoms with Gasteiger partial charge >= 0.3 is 0 Å². The molecule has 1 heterocycles. The third kappa shape index (κ3) is 3.34. The van der Waals surface area contributed by atoms with Crippen molar-refractivity contribution < 1.29 is 0 Å². The summed E-state index contributed by atoms with van der Waals surface area (Å²) >= 11 is 3.69. The third-order valence-electron chi connectivity index (χ3n) is 4.04. The van der Waals surface area contributed by atoms with Crippen LogP contribution in [-0.2, 0) is 0 Å². The van der Waals surface area contributed by atoms with Gasteiger partial charge in [0.05, 0.1) is 18.2 Å². The van der Waals surface area contributed by atoms with Crippen molar-refractivity contribution in [2.24, 2.45) is 0 Å². The number of nitriles is 1. The Morgan fingerprint density at radius 3 is 2.90 bits per heavy atom. The highest BCUT2D eigenvalue weighted by molar-refractivity contribution is 9.10. The maximum absolute atomic E-state index is 8.97. The van der Waals surface area contributed by atoms with E-state index in [2.05, 4.69) is 71.2 Å². The zero-order valence-electron chi connectivity index (χ0n) is 12.4. The summed E-state index contributed by atoms with van der Waals surface area (Å²) < 4.78 is 1.13. The average Bonchev–Trinajstić information content (AvgIpc) is 2.49. The minimum Gasteiger partial charge on any atom is -0.364 e. The normalized spacial score (nSPS) is 22.1. The van der Waals surface area contributed by atoms with Crippen molar-refractivity contribution >= 4 is 21.6 Å². The molecule has 1 fully saturated rings. The lowest BCUT2D eigenvalue weighted by molar-refractivity contribution is 0.452. The molecular weight excluding hydrogens is 314 g/mol. The molecule has 1 N–H and O–H groups in total. The van der Waals surface area contributed by atoms with Gasteiger partial charge in [0.1, 0.15) is 0 Å². The second-order valence-electron chi connectivity index (χ2n) is 6.14. The first-order valence-corrected chi connectivity index (χ1v) is 7.87. The maximum atomic E-state index is 8.97. The molecule has 1 aliphatic heterocycles. The standard InChI is InChI=1S/C16H22BrN3/c1-12-4-5-15(14(17)10-12)20-11-13(6-8-18)19-9-7-16(20,2)3/h4-5,10,13,19H,6-7,9,11H2,1-3H3. The van der Waals surface area contributed by atoms with Crippen molar-refractivity contribution in [3.63, 3.8) is 0 Å². The highest BCUT2D eigenvalue weighted by Gasteiger charge is 2.32. The molecule has 2 rings (SSSR count). The van der Waals surface area contributed by atoms with E-state index >= 15 is 0 Å². The molecule has 0 aliphatic carbocycles. The van der Waals surface area contributed by atoms with Gasteiger partial charge in [-0.1, -0.05) is 6.07 Å². The lowest BCUT2D eigenvalue weighted by atomic mass is 9.97. The minimum absolute atomic E-state index is 0.0784. The molecular formula is C16H22BrN3. The van der Waals surface area contributed by atoms with Crippen LogP contribution in [0.15, 0.2) is 22.7 Å². The highest BCUT2D eigenvalue weighted by Crippen LogP contribution is 2.34. The van der Waals surface area contributed by atoms with E-state index in [1.54, 1.807) is 0 Å². The predicted molar refractivity (Wildman–Crippen MR) is 86.9 cm³/mol. The number of hydrogen-bond donors (Lipinski definition) is 1. The lowest BCUT2D eigenvalue weighted by Crippen LogP contribution is -2.47. The number of benzene rings is 1. The minimum atomic E-state index is 0.0784. The summed E-state index contributed by atoms with van der Waals surface area (Å²) in [6.45, 7) is 8.47. The van der Waals surface area contributed by atoms with E-state index in [1.165, 1.54) is 11.3 Å². The van der Waals surface area contributed by atoms with Crippen LogP contribution >= 0.6 is 15.9 Å². The fourth-order valence-electron chi connectivity index (χ4n) is 2.75. The van der Waals surface area contributed by atoms with Crippen LogP contribution in [0.2, 0.25) is 0 Å². The quantitative estimate of drug-likeness (QED) is 0.897. The first-order chi connectivity index (χ1) is 9.44. The van der Waals surface area contributed by atoms with Crippen molar-refractivity contribution in [3.05, 3.63) is 28.2 Å². The Kier molecular flexibility index (Phi) is 4.72. The van der Waals surface area contributed by atoms with E-state index in [0.717, 1.165) is 24.0 Å². The van der Waals surface area contributed by atoms with Gasteiger partial charge in [-0.15, -0.1) is 0 Å². The highest BCUT2D eigenvalue weighted by atomic mass is 79.9. The molecule has 1 aromatic carbocycles. The van der Waals surface area contributed by atoms with E-state index < -0.39 is 0 Å². The van der Waals surface area contributed by atoms with Gasteiger partial charge in [0.15, 0.2) is 0 Å². The zero-order chi connectivity index (χ0) is 14.8. The summed E-state index contributed by atoms with van der Waals surface area (Å²) in [5.74, 6) is 0. The molecule has 1 aromatic rings. The van der Waals surface area contributed by atoms with Gasteiger partial charge in [-0.2, -0.15) is 5.26 Å². The first-order valence-electron chi connectivity index (χ1n) is 7.08. The Morgan fingerprint density at radius 1 is 1.50 bits per heavy atom. The number of hydrogen-bond acceptors (Lipinski definition) is 3. The van der Waals surface area contributed by atoms with Gasteiger partial charge in [-0.3, -0.25) is 0 Å². The molecule has 1 atom stereocenters. The van der Waals surface area contributed by atoms with Crippen molar-refractivity contribution in [3.8, 4) is 6.07 Å². The van der Waals surface area contributed by atoms with Gasteiger partial charge in [0.2, 0.25) is 0 Å². The zero-order valence-corrected chi connectivity index (χ0v) is 14.0. The molecule has 0 amide bonds. The number of nitrogens with zero attached hydrogens (tertiary/aromatic N) is 2. The summed E-state index contributed by atoms with van der Waals surface area (Å²) in [6, 6.07) is 9.00. The Labute approximate surface area is 130 Å². The molecule has 20 heavy (non-hydrogen) atoms. The van der Waals surface area contributed by atoms with Crippen LogP contribution in [-0.4, -0.2) is 24.7 Å². The molecule has 108 valence electrons. The van der Waals surface area contributed by atoms with Crippen LogP contribution < -0.4 is 10.2 Å². The summed E-state index contributed by atoms with van der Waals surface area (Å²) in [6.07, 6.45) is 1.62. The van der Waals surface area contributed by atoms with Crippen LogP contribution in [0, 0.1) is 18.3 Å². The Hall–Kier alpha value is -1.05. The van der Waals surface area contributed by atoms with Gasteiger partial charge in [-0.05, 0) is 67.4 Å². The lowest BCUT2D eigenvalue weighted by Gasteiger charge is -2.40. The van der Waals surface area contributed by atoms with Crippen LogP contribution in [0.4, 0.5) is 5.69 Å². The molecule has 0 spiro atoms. The molecule has 1 unspecified atom stereocenters. The van der Waals surface area contributed by atoms with Gasteiger partial charge in [-0.25, -0.2) is 0 Å². The van der Waals surface area contributed by atoms with E-state index in [0.29, 0.717) is 6.42 Å². The summed E-state index contributed by atoms with van der Waals surface area (Å²) in [5.41, 5.74) is 2.54. The van der Waals surface area contributed by atoms with Crippen LogP contribution in [0.5, 0.6) is 0 Å². The topological polar surface area (TPSA) is 39.1 Å². The summed E-state index contributed by atoms with van der Waals surface area (Å²) in [5, 5.41) is 12.5. The number of nitrogens with one attached hydrogen (secondary N) is 1. The summed E-state index contributed by atoms with van der Waals surface area (Å²) in [7, 11) is 0. The van der Waals surface area contributed by atoms with Crippen molar-refractivity contribution in [2.75, 3.05) is 18.0 Å². The van der Waals surface area contributed by atoms with Crippen molar-refractivity contribution in [1.29, 1.82) is 5.26 Å². The van der Waals surface area contributed by atoms with E-state index in [9.17, 15) is 0 Å². The molecule has 3 nitrogen and oxygen atoms in total. The largest absolute Gasteiger partial charge is 0.364 e. The SMILES string of the molecule is Cc1ccc(N2CC(CC#N)NCCC2(C)C)c(Br)c1.